The fraction of sp³-hybridized carbons (Fsp3) is 0.0909. The molecule has 3 rings (SSSR count). The Morgan fingerprint density at radius 1 is 0.750 bits per heavy atom. The highest BCUT2D eigenvalue weighted by molar-refractivity contribution is 6.30. The normalized spacial score (nSPS) is 11.8. The van der Waals surface area contributed by atoms with E-state index in [9.17, 15) is 5.11 Å². The summed E-state index contributed by atoms with van der Waals surface area (Å²) in [6.45, 7) is 0. The molecule has 0 radical (unpaired) electrons. The number of benzene rings is 3. The second-order valence-corrected chi connectivity index (χ2v) is 6.19. The lowest BCUT2D eigenvalue weighted by molar-refractivity contribution is 0.0843. The molecule has 0 aliphatic rings. The van der Waals surface area contributed by atoms with Gasteiger partial charge in [0.25, 0.3) is 0 Å². The molecule has 120 valence electrons. The van der Waals surface area contributed by atoms with Gasteiger partial charge in [-0.2, -0.15) is 0 Å². The first-order valence-electron chi connectivity index (χ1n) is 7.94. The first-order valence-corrected chi connectivity index (χ1v) is 8.32. The Morgan fingerprint density at radius 2 is 1.25 bits per heavy atom. The van der Waals surface area contributed by atoms with Crippen molar-refractivity contribution in [3.8, 4) is 0 Å². The topological polar surface area (TPSA) is 20.2 Å². The summed E-state index contributed by atoms with van der Waals surface area (Å²) in [7, 11) is 0. The molecule has 3 aromatic carbocycles. The summed E-state index contributed by atoms with van der Waals surface area (Å²) in [5.41, 5.74) is 1.78. The van der Waals surface area contributed by atoms with Gasteiger partial charge in [0, 0.05) is 11.4 Å². The lowest BCUT2D eigenvalue weighted by Crippen LogP contribution is -2.26. The SMILES string of the molecule is OC(C/C=C/c1ccc(Cl)cc1)(c1ccccc1)c1ccccc1. The Labute approximate surface area is 147 Å². The largest absolute Gasteiger partial charge is 0.380 e. The molecule has 0 unspecified atom stereocenters. The van der Waals surface area contributed by atoms with Gasteiger partial charge in [0.15, 0.2) is 0 Å². The Bertz CT molecular complexity index is 753. The lowest BCUT2D eigenvalue weighted by atomic mass is 9.83. The number of hydrogen-bond donors (Lipinski definition) is 1. The number of hydrogen-bond acceptors (Lipinski definition) is 1. The summed E-state index contributed by atoms with van der Waals surface area (Å²) >= 11 is 5.91. The summed E-state index contributed by atoms with van der Waals surface area (Å²) in [4.78, 5) is 0. The average Bonchev–Trinajstić information content (AvgIpc) is 2.65. The molecule has 0 fully saturated rings. The molecule has 0 aliphatic carbocycles. The highest BCUT2D eigenvalue weighted by atomic mass is 35.5. The van der Waals surface area contributed by atoms with Crippen molar-refractivity contribution in [3.05, 3.63) is 113 Å². The molecule has 0 spiro atoms. The molecule has 1 nitrogen and oxygen atoms in total. The van der Waals surface area contributed by atoms with Gasteiger partial charge in [-0.05, 0) is 28.8 Å². The van der Waals surface area contributed by atoms with Gasteiger partial charge in [0.05, 0.1) is 0 Å². The smallest absolute Gasteiger partial charge is 0.118 e. The van der Waals surface area contributed by atoms with E-state index in [1.54, 1.807) is 0 Å². The monoisotopic (exact) mass is 334 g/mol. The zero-order chi connectivity index (χ0) is 16.8. The van der Waals surface area contributed by atoms with E-state index >= 15 is 0 Å². The van der Waals surface area contributed by atoms with Crippen LogP contribution < -0.4 is 0 Å². The third kappa shape index (κ3) is 3.76. The first-order chi connectivity index (χ1) is 11.7. The predicted octanol–water partition coefficient (Wildman–Crippen LogP) is 5.68. The zero-order valence-corrected chi connectivity index (χ0v) is 14.0. The molecule has 0 aliphatic heterocycles. The highest BCUT2D eigenvalue weighted by Gasteiger charge is 2.29. The predicted molar refractivity (Wildman–Crippen MR) is 101 cm³/mol. The average molecular weight is 335 g/mol. The maximum atomic E-state index is 11.4. The molecule has 0 bridgehead atoms. The van der Waals surface area contributed by atoms with Crippen LogP contribution in [0.25, 0.3) is 6.08 Å². The van der Waals surface area contributed by atoms with E-state index in [2.05, 4.69) is 0 Å². The molecule has 0 atom stereocenters. The van der Waals surface area contributed by atoms with Gasteiger partial charge in [-0.25, -0.2) is 0 Å². The van der Waals surface area contributed by atoms with Crippen LogP contribution in [-0.2, 0) is 5.60 Å². The summed E-state index contributed by atoms with van der Waals surface area (Å²) in [5, 5.41) is 12.1. The molecule has 0 aromatic heterocycles. The van der Waals surface area contributed by atoms with Crippen molar-refractivity contribution in [1.82, 2.24) is 0 Å². The third-order valence-corrected chi connectivity index (χ3v) is 4.35. The van der Waals surface area contributed by atoms with Gasteiger partial charge in [0.1, 0.15) is 5.60 Å². The minimum atomic E-state index is -1.05. The second kappa shape index (κ2) is 7.48. The molecule has 3 aromatic rings. The van der Waals surface area contributed by atoms with Crippen LogP contribution >= 0.6 is 11.6 Å². The van der Waals surface area contributed by atoms with Crippen LogP contribution in [0.3, 0.4) is 0 Å². The molecule has 0 heterocycles. The fourth-order valence-electron chi connectivity index (χ4n) is 2.77. The van der Waals surface area contributed by atoms with Crippen LogP contribution in [0.2, 0.25) is 5.02 Å². The van der Waals surface area contributed by atoms with Gasteiger partial charge in [-0.3, -0.25) is 0 Å². The Balaban J connectivity index is 1.90. The van der Waals surface area contributed by atoms with Crippen molar-refractivity contribution in [1.29, 1.82) is 0 Å². The maximum Gasteiger partial charge on any atom is 0.118 e. The standard InChI is InChI=1S/C22H19ClO/c23-21-15-13-18(14-16-21)8-7-17-22(24,19-9-3-1-4-10-19)20-11-5-2-6-12-20/h1-16,24H,17H2/b8-7+. The van der Waals surface area contributed by atoms with Crippen molar-refractivity contribution in [2.24, 2.45) is 0 Å². The molecule has 0 saturated heterocycles. The Hall–Kier alpha value is -2.35. The Morgan fingerprint density at radius 3 is 1.75 bits per heavy atom. The fourth-order valence-corrected chi connectivity index (χ4v) is 2.90. The minimum absolute atomic E-state index is 0.490. The molecule has 1 N–H and O–H groups in total. The van der Waals surface area contributed by atoms with Gasteiger partial charge in [-0.15, -0.1) is 0 Å². The van der Waals surface area contributed by atoms with Crippen molar-refractivity contribution in [2.45, 2.75) is 12.0 Å². The van der Waals surface area contributed by atoms with E-state index in [0.29, 0.717) is 6.42 Å². The lowest BCUT2D eigenvalue weighted by Gasteiger charge is -2.28. The molecule has 0 saturated carbocycles. The maximum absolute atomic E-state index is 11.4. The Kier molecular flexibility index (Phi) is 5.14. The van der Waals surface area contributed by atoms with E-state index in [1.807, 2.05) is 97.1 Å². The van der Waals surface area contributed by atoms with Crippen molar-refractivity contribution >= 4 is 17.7 Å². The van der Waals surface area contributed by atoms with E-state index in [-0.39, 0.29) is 0 Å². The van der Waals surface area contributed by atoms with E-state index < -0.39 is 5.60 Å². The van der Waals surface area contributed by atoms with Crippen molar-refractivity contribution in [2.75, 3.05) is 0 Å². The molecule has 2 heteroatoms. The van der Waals surface area contributed by atoms with Gasteiger partial charge in [0.2, 0.25) is 0 Å². The van der Waals surface area contributed by atoms with Gasteiger partial charge < -0.3 is 5.11 Å². The number of aliphatic hydroxyl groups is 1. The van der Waals surface area contributed by atoms with Crippen LogP contribution in [0.4, 0.5) is 0 Å². The summed E-state index contributed by atoms with van der Waals surface area (Å²) in [5.74, 6) is 0. The van der Waals surface area contributed by atoms with Crippen LogP contribution in [-0.4, -0.2) is 5.11 Å². The summed E-state index contributed by atoms with van der Waals surface area (Å²) < 4.78 is 0. The van der Waals surface area contributed by atoms with E-state index in [1.165, 1.54) is 0 Å². The van der Waals surface area contributed by atoms with Crippen LogP contribution in [0.5, 0.6) is 0 Å². The van der Waals surface area contributed by atoms with Gasteiger partial charge >= 0.3 is 0 Å². The summed E-state index contributed by atoms with van der Waals surface area (Å²) in [6, 6.07) is 27.2. The second-order valence-electron chi connectivity index (χ2n) is 5.75. The van der Waals surface area contributed by atoms with Crippen LogP contribution in [0.15, 0.2) is 91.0 Å². The van der Waals surface area contributed by atoms with E-state index in [4.69, 9.17) is 11.6 Å². The van der Waals surface area contributed by atoms with E-state index in [0.717, 1.165) is 21.7 Å². The van der Waals surface area contributed by atoms with Crippen LogP contribution in [0.1, 0.15) is 23.1 Å². The quantitative estimate of drug-likeness (QED) is 0.636. The van der Waals surface area contributed by atoms with Gasteiger partial charge in [-0.1, -0.05) is 96.5 Å². The molecule has 0 amide bonds. The molecular formula is C22H19ClO. The van der Waals surface area contributed by atoms with Crippen LogP contribution in [0, 0.1) is 0 Å². The number of halogens is 1. The molecular weight excluding hydrogens is 316 g/mol. The minimum Gasteiger partial charge on any atom is -0.380 e. The third-order valence-electron chi connectivity index (χ3n) is 4.10. The van der Waals surface area contributed by atoms with Crippen molar-refractivity contribution < 1.29 is 5.11 Å². The first kappa shape index (κ1) is 16.5. The highest BCUT2D eigenvalue weighted by Crippen LogP contribution is 2.33. The number of rotatable bonds is 5. The van der Waals surface area contributed by atoms with Crippen molar-refractivity contribution in [3.63, 3.8) is 0 Å². The summed E-state index contributed by atoms with van der Waals surface area (Å²) in [6.07, 6.45) is 4.50. The zero-order valence-electron chi connectivity index (χ0n) is 13.3. The molecule has 24 heavy (non-hydrogen) atoms.